The molecule has 3 nitrogen and oxygen atoms in total. The maximum atomic E-state index is 11.9. The Hall–Kier alpha value is 0.150. The molecule has 1 aliphatic carbocycles. The molecule has 2 aliphatic rings. The molecule has 0 amide bonds. The molecule has 2 fully saturated rings. The van der Waals surface area contributed by atoms with Crippen molar-refractivity contribution in [3.8, 4) is 0 Å². The Bertz CT molecular complexity index is 275. The topological polar surface area (TPSA) is 35.5 Å². The lowest BCUT2D eigenvalue weighted by Crippen LogP contribution is -2.47. The largest absolute Gasteiger partial charge is 0.328 e. The van der Waals surface area contributed by atoms with Gasteiger partial charge in [0.05, 0.1) is 11.7 Å². The van der Waals surface area contributed by atoms with E-state index in [0.717, 1.165) is 12.8 Å². The number of rotatable bonds is 0. The highest BCUT2D eigenvalue weighted by Crippen LogP contribution is 2.58. The summed E-state index contributed by atoms with van der Waals surface area (Å²) in [6.45, 7) is 5.66. The van der Waals surface area contributed by atoms with Crippen molar-refractivity contribution in [1.29, 1.82) is 0 Å². The molecule has 0 aromatic carbocycles. The van der Waals surface area contributed by atoms with E-state index in [2.05, 4.69) is 0 Å². The van der Waals surface area contributed by atoms with Crippen LogP contribution in [0.15, 0.2) is 0 Å². The van der Waals surface area contributed by atoms with Crippen LogP contribution in [-0.2, 0) is 13.6 Å². The van der Waals surface area contributed by atoms with Gasteiger partial charge in [-0.2, -0.15) is 0 Å². The molecule has 0 aromatic heterocycles. The van der Waals surface area contributed by atoms with E-state index in [9.17, 15) is 4.57 Å². The van der Waals surface area contributed by atoms with E-state index >= 15 is 0 Å². The summed E-state index contributed by atoms with van der Waals surface area (Å²) in [5, 5.41) is 0. The van der Waals surface area contributed by atoms with Gasteiger partial charge in [0.15, 0.2) is 0 Å². The van der Waals surface area contributed by atoms with Crippen LogP contribution in [-0.4, -0.2) is 18.4 Å². The quantitative estimate of drug-likeness (QED) is 0.586. The minimum Gasteiger partial charge on any atom is -0.305 e. The van der Waals surface area contributed by atoms with Gasteiger partial charge < -0.3 is 9.05 Å². The molecule has 3 atom stereocenters. The smallest absolute Gasteiger partial charge is 0.305 e. The van der Waals surface area contributed by atoms with Gasteiger partial charge in [-0.05, 0) is 26.7 Å². The fraction of sp³-hybridized carbons (Fsp3) is 1.00. The highest BCUT2D eigenvalue weighted by atomic mass is 31.2. The maximum Gasteiger partial charge on any atom is 0.328 e. The molecule has 0 bridgehead atoms. The van der Waals surface area contributed by atoms with E-state index in [4.69, 9.17) is 9.05 Å². The van der Waals surface area contributed by atoms with Crippen molar-refractivity contribution in [2.75, 3.05) is 6.66 Å². The molecule has 0 aromatic rings. The molecule has 1 aliphatic heterocycles. The molecule has 4 heteroatoms. The van der Waals surface area contributed by atoms with Gasteiger partial charge in [0.2, 0.25) is 0 Å². The Labute approximate surface area is 85.7 Å². The van der Waals surface area contributed by atoms with Crippen LogP contribution in [0.2, 0.25) is 0 Å². The number of fused-ring (bicyclic) bond motifs is 1. The number of hydrogen-bond acceptors (Lipinski definition) is 3. The molecular formula is C10H19O3P. The van der Waals surface area contributed by atoms with E-state index in [1.807, 2.05) is 13.8 Å². The molecule has 1 saturated heterocycles. The summed E-state index contributed by atoms with van der Waals surface area (Å²) in [4.78, 5) is 0. The lowest BCUT2D eigenvalue weighted by Gasteiger charge is -2.47. The van der Waals surface area contributed by atoms with E-state index < -0.39 is 7.60 Å². The monoisotopic (exact) mass is 218 g/mol. The van der Waals surface area contributed by atoms with Crippen molar-refractivity contribution >= 4 is 7.60 Å². The molecule has 82 valence electrons. The zero-order valence-corrected chi connectivity index (χ0v) is 10.0. The van der Waals surface area contributed by atoms with Gasteiger partial charge in [-0.3, -0.25) is 4.57 Å². The van der Waals surface area contributed by atoms with Crippen LogP contribution in [0.3, 0.4) is 0 Å². The van der Waals surface area contributed by atoms with E-state index in [1.165, 1.54) is 12.8 Å². The van der Waals surface area contributed by atoms with Crippen LogP contribution < -0.4 is 0 Å². The Morgan fingerprint density at radius 3 is 2.64 bits per heavy atom. The predicted molar refractivity (Wildman–Crippen MR) is 55.5 cm³/mol. The average Bonchev–Trinajstić information content (AvgIpc) is 2.00. The molecule has 0 radical (unpaired) electrons. The van der Waals surface area contributed by atoms with Crippen LogP contribution in [0, 0.1) is 5.92 Å². The van der Waals surface area contributed by atoms with E-state index in [1.54, 1.807) is 6.66 Å². The lowest BCUT2D eigenvalue weighted by molar-refractivity contribution is -0.0914. The van der Waals surface area contributed by atoms with Crippen LogP contribution in [0.25, 0.3) is 0 Å². The average molecular weight is 218 g/mol. The van der Waals surface area contributed by atoms with Crippen molar-refractivity contribution in [2.45, 2.75) is 51.2 Å². The Balaban J connectivity index is 2.22. The van der Waals surface area contributed by atoms with Crippen LogP contribution in [0.4, 0.5) is 0 Å². The van der Waals surface area contributed by atoms with Gasteiger partial charge in [0.1, 0.15) is 0 Å². The molecule has 1 saturated carbocycles. The summed E-state index contributed by atoms with van der Waals surface area (Å²) in [5.74, 6) is 0.415. The van der Waals surface area contributed by atoms with Gasteiger partial charge in [-0.25, -0.2) is 0 Å². The lowest BCUT2D eigenvalue weighted by atomic mass is 9.77. The molecule has 0 N–H and O–H groups in total. The maximum absolute atomic E-state index is 11.9. The molecule has 0 spiro atoms. The van der Waals surface area contributed by atoms with Crippen molar-refractivity contribution in [3.05, 3.63) is 0 Å². The van der Waals surface area contributed by atoms with Crippen molar-refractivity contribution in [1.82, 2.24) is 0 Å². The minimum absolute atomic E-state index is 0.156. The normalized spacial score (nSPS) is 47.1. The molecule has 14 heavy (non-hydrogen) atoms. The van der Waals surface area contributed by atoms with Gasteiger partial charge >= 0.3 is 7.60 Å². The van der Waals surface area contributed by atoms with Crippen LogP contribution in [0.5, 0.6) is 0 Å². The highest BCUT2D eigenvalue weighted by Gasteiger charge is 2.48. The Morgan fingerprint density at radius 2 is 1.93 bits per heavy atom. The number of hydrogen-bond donors (Lipinski definition) is 0. The van der Waals surface area contributed by atoms with Gasteiger partial charge in [-0.15, -0.1) is 0 Å². The second-order valence-electron chi connectivity index (χ2n) is 5.00. The van der Waals surface area contributed by atoms with Crippen molar-refractivity contribution in [2.24, 2.45) is 5.92 Å². The minimum atomic E-state index is -2.80. The van der Waals surface area contributed by atoms with Gasteiger partial charge in [0.25, 0.3) is 0 Å². The SMILES string of the molecule is CC1(C)OP(C)(=O)OC2CCCCC21. The molecule has 3 unspecified atom stereocenters. The van der Waals surface area contributed by atoms with Crippen LogP contribution >= 0.6 is 7.60 Å². The summed E-state index contributed by atoms with van der Waals surface area (Å²) in [7, 11) is -2.80. The van der Waals surface area contributed by atoms with Crippen molar-refractivity contribution in [3.63, 3.8) is 0 Å². The second-order valence-corrected chi connectivity index (χ2v) is 6.94. The zero-order chi connectivity index (χ0) is 10.4. The fourth-order valence-electron chi connectivity index (χ4n) is 2.78. The first-order valence-electron chi connectivity index (χ1n) is 5.37. The molecule has 1 heterocycles. The van der Waals surface area contributed by atoms with Gasteiger partial charge in [-0.1, -0.05) is 12.8 Å². The Morgan fingerprint density at radius 1 is 1.29 bits per heavy atom. The molecular weight excluding hydrogens is 199 g/mol. The Kier molecular flexibility index (Phi) is 2.53. The first-order valence-corrected chi connectivity index (χ1v) is 7.36. The first kappa shape index (κ1) is 10.7. The van der Waals surface area contributed by atoms with Gasteiger partial charge in [0, 0.05) is 12.6 Å². The fourth-order valence-corrected chi connectivity index (χ4v) is 4.56. The zero-order valence-electron chi connectivity index (χ0n) is 9.16. The summed E-state index contributed by atoms with van der Waals surface area (Å²) >= 11 is 0. The second kappa shape index (κ2) is 3.33. The summed E-state index contributed by atoms with van der Waals surface area (Å²) in [6, 6.07) is 0. The third-order valence-corrected chi connectivity index (χ3v) is 4.78. The first-order chi connectivity index (χ1) is 6.41. The third kappa shape index (κ3) is 1.91. The summed E-state index contributed by atoms with van der Waals surface area (Å²) in [6.07, 6.45) is 4.76. The summed E-state index contributed by atoms with van der Waals surface area (Å²) in [5.41, 5.74) is -0.284. The third-order valence-electron chi connectivity index (χ3n) is 3.32. The molecule has 2 rings (SSSR count). The summed E-state index contributed by atoms with van der Waals surface area (Å²) < 4.78 is 23.0. The van der Waals surface area contributed by atoms with Crippen molar-refractivity contribution < 1.29 is 13.6 Å². The highest BCUT2D eigenvalue weighted by molar-refractivity contribution is 7.53. The van der Waals surface area contributed by atoms with E-state index in [-0.39, 0.29) is 11.7 Å². The standard InChI is InChI=1S/C10H19O3P/c1-10(2)8-6-4-5-7-9(8)12-14(3,11)13-10/h8-9H,4-7H2,1-3H3. The van der Waals surface area contributed by atoms with Crippen LogP contribution in [0.1, 0.15) is 39.5 Å². The predicted octanol–water partition coefficient (Wildman–Crippen LogP) is 3.19. The van der Waals surface area contributed by atoms with E-state index in [0.29, 0.717) is 5.92 Å².